The molecule has 1 N–H and O–H groups in total. The molecule has 21 heavy (non-hydrogen) atoms. The van der Waals surface area contributed by atoms with Crippen LogP contribution in [0.2, 0.25) is 0 Å². The lowest BCUT2D eigenvalue weighted by Crippen LogP contribution is -2.54. The Bertz CT molecular complexity index is 494. The van der Waals surface area contributed by atoms with Gasteiger partial charge in [0.1, 0.15) is 0 Å². The number of likely N-dealkylation sites (N-methyl/N-ethyl adjacent to an activating group) is 1. The maximum absolute atomic E-state index is 13.3. The zero-order valence-electron chi connectivity index (χ0n) is 13.6. The van der Waals surface area contributed by atoms with Gasteiger partial charge in [0.2, 0.25) is 5.91 Å². The minimum absolute atomic E-state index is 0.149. The second kappa shape index (κ2) is 4.45. The number of hydrogen-bond donors (Lipinski definition) is 1. The minimum Gasteiger partial charge on any atom is -0.411 e. The summed E-state index contributed by atoms with van der Waals surface area (Å²) >= 11 is 0. The van der Waals surface area contributed by atoms with Crippen LogP contribution in [-0.2, 0) is 4.79 Å². The third-order valence-corrected chi connectivity index (χ3v) is 7.05. The van der Waals surface area contributed by atoms with E-state index in [9.17, 15) is 10.0 Å². The minimum atomic E-state index is -0.376. The Labute approximate surface area is 127 Å². The summed E-state index contributed by atoms with van der Waals surface area (Å²) in [5.74, 6) is 0.281. The summed E-state index contributed by atoms with van der Waals surface area (Å²) in [5.41, 5.74) is 0.145. The molecule has 1 saturated heterocycles. The van der Waals surface area contributed by atoms with Crippen molar-refractivity contribution in [3.05, 3.63) is 0 Å². The van der Waals surface area contributed by atoms with Gasteiger partial charge in [0, 0.05) is 38.0 Å². The van der Waals surface area contributed by atoms with Crippen LogP contribution in [0.25, 0.3) is 0 Å². The van der Waals surface area contributed by atoms with E-state index in [-0.39, 0.29) is 22.2 Å². The van der Waals surface area contributed by atoms with E-state index in [0.717, 1.165) is 44.7 Å². The van der Waals surface area contributed by atoms with Crippen LogP contribution in [0.1, 0.15) is 40.0 Å². The van der Waals surface area contributed by atoms with Crippen molar-refractivity contribution in [2.75, 3.05) is 33.2 Å². The molecule has 3 fully saturated rings. The molecule has 0 aromatic rings. The van der Waals surface area contributed by atoms with Crippen LogP contribution < -0.4 is 0 Å². The first kappa shape index (κ1) is 14.8. The van der Waals surface area contributed by atoms with Crippen molar-refractivity contribution in [3.63, 3.8) is 0 Å². The Morgan fingerprint density at radius 2 is 1.76 bits per heavy atom. The van der Waals surface area contributed by atoms with Crippen LogP contribution in [0.15, 0.2) is 5.16 Å². The molecule has 1 heterocycles. The van der Waals surface area contributed by atoms with Crippen LogP contribution in [0.3, 0.4) is 0 Å². The number of amides is 1. The third kappa shape index (κ3) is 1.67. The molecule has 5 nitrogen and oxygen atoms in total. The van der Waals surface area contributed by atoms with E-state index in [0.29, 0.717) is 6.42 Å². The fraction of sp³-hybridized carbons (Fsp3) is 0.875. The van der Waals surface area contributed by atoms with Crippen LogP contribution in [0.5, 0.6) is 0 Å². The Kier molecular flexibility index (Phi) is 3.14. The number of nitrogens with zero attached hydrogens (tertiary/aromatic N) is 3. The van der Waals surface area contributed by atoms with Crippen LogP contribution in [-0.4, -0.2) is 59.9 Å². The molecule has 3 aliphatic rings. The van der Waals surface area contributed by atoms with E-state index < -0.39 is 0 Å². The fourth-order valence-corrected chi connectivity index (χ4v) is 4.82. The Morgan fingerprint density at radius 1 is 1.14 bits per heavy atom. The summed E-state index contributed by atoms with van der Waals surface area (Å²) in [6.07, 6.45) is 2.48. The second-order valence-electron chi connectivity index (χ2n) is 7.86. The Balaban J connectivity index is 1.92. The van der Waals surface area contributed by atoms with Crippen LogP contribution in [0, 0.1) is 16.2 Å². The van der Waals surface area contributed by atoms with Gasteiger partial charge in [-0.3, -0.25) is 4.79 Å². The van der Waals surface area contributed by atoms with Gasteiger partial charge in [-0.05, 0) is 25.3 Å². The molecular weight excluding hydrogens is 266 g/mol. The van der Waals surface area contributed by atoms with Crippen LogP contribution in [0.4, 0.5) is 0 Å². The van der Waals surface area contributed by atoms with E-state index in [1.165, 1.54) is 0 Å². The van der Waals surface area contributed by atoms with E-state index in [2.05, 4.69) is 37.9 Å². The van der Waals surface area contributed by atoms with Crippen molar-refractivity contribution >= 4 is 11.6 Å². The van der Waals surface area contributed by atoms with Crippen molar-refractivity contribution in [1.29, 1.82) is 0 Å². The summed E-state index contributed by atoms with van der Waals surface area (Å²) in [6.45, 7) is 10.1. The lowest BCUT2D eigenvalue weighted by molar-refractivity contribution is -0.149. The van der Waals surface area contributed by atoms with Crippen LogP contribution >= 0.6 is 0 Å². The molecule has 2 atom stereocenters. The van der Waals surface area contributed by atoms with Gasteiger partial charge < -0.3 is 15.0 Å². The topological polar surface area (TPSA) is 56.1 Å². The number of carbonyl (C=O) groups is 1. The van der Waals surface area contributed by atoms with Gasteiger partial charge in [-0.15, -0.1) is 0 Å². The van der Waals surface area contributed by atoms with E-state index >= 15 is 0 Å². The molecule has 1 aliphatic heterocycles. The number of piperazine rings is 1. The number of fused-ring (bicyclic) bond motifs is 2. The van der Waals surface area contributed by atoms with Crippen molar-refractivity contribution in [1.82, 2.24) is 9.80 Å². The summed E-state index contributed by atoms with van der Waals surface area (Å²) in [4.78, 5) is 17.6. The van der Waals surface area contributed by atoms with Gasteiger partial charge in [-0.2, -0.15) is 0 Å². The maximum Gasteiger partial charge on any atom is 0.229 e. The number of oxime groups is 1. The maximum atomic E-state index is 13.3. The largest absolute Gasteiger partial charge is 0.411 e. The first-order valence-corrected chi connectivity index (χ1v) is 7.98. The number of carbonyl (C=O) groups excluding carboxylic acids is 1. The zero-order valence-corrected chi connectivity index (χ0v) is 13.6. The number of hydrogen-bond acceptors (Lipinski definition) is 4. The lowest BCUT2D eigenvalue weighted by Gasteiger charge is -2.43. The molecule has 0 spiro atoms. The van der Waals surface area contributed by atoms with Crippen molar-refractivity contribution < 1.29 is 10.0 Å². The highest BCUT2D eigenvalue weighted by Gasteiger charge is 2.72. The van der Waals surface area contributed by atoms with Gasteiger partial charge in [0.05, 0.1) is 11.1 Å². The lowest BCUT2D eigenvalue weighted by atomic mass is 9.64. The molecule has 0 aromatic heterocycles. The molecule has 5 heteroatoms. The van der Waals surface area contributed by atoms with Gasteiger partial charge in [0.25, 0.3) is 0 Å². The summed E-state index contributed by atoms with van der Waals surface area (Å²) < 4.78 is 0. The van der Waals surface area contributed by atoms with E-state index in [4.69, 9.17) is 0 Å². The van der Waals surface area contributed by atoms with Gasteiger partial charge >= 0.3 is 0 Å². The molecular formula is C16H27N3O2. The summed E-state index contributed by atoms with van der Waals surface area (Å²) in [5, 5.41) is 12.9. The molecule has 118 valence electrons. The summed E-state index contributed by atoms with van der Waals surface area (Å²) in [7, 11) is 2.10. The highest BCUT2D eigenvalue weighted by molar-refractivity contribution is 6.02. The average molecular weight is 293 g/mol. The zero-order chi connectivity index (χ0) is 15.5. The SMILES string of the molecule is CN1CCN(C(=O)C23CCC(C)(/C(=N/O)C2)C3(C)C)CC1. The van der Waals surface area contributed by atoms with Crippen molar-refractivity contribution in [2.24, 2.45) is 21.4 Å². The normalized spacial score (nSPS) is 41.0. The molecule has 2 bridgehead atoms. The van der Waals surface area contributed by atoms with E-state index in [1.807, 2.05) is 4.90 Å². The molecule has 3 rings (SSSR count). The Hall–Kier alpha value is -1.10. The molecule has 2 unspecified atom stereocenters. The average Bonchev–Trinajstić information content (AvgIpc) is 2.77. The second-order valence-corrected chi connectivity index (χ2v) is 7.86. The predicted octanol–water partition coefficient (Wildman–Crippen LogP) is 1.81. The molecule has 2 aliphatic carbocycles. The molecule has 1 amide bonds. The van der Waals surface area contributed by atoms with Crippen molar-refractivity contribution in [3.8, 4) is 0 Å². The van der Waals surface area contributed by atoms with E-state index in [1.54, 1.807) is 0 Å². The van der Waals surface area contributed by atoms with Crippen molar-refractivity contribution in [2.45, 2.75) is 40.0 Å². The molecule has 0 radical (unpaired) electrons. The van der Waals surface area contributed by atoms with Gasteiger partial charge in [-0.1, -0.05) is 25.9 Å². The monoisotopic (exact) mass is 293 g/mol. The summed E-state index contributed by atoms with van der Waals surface area (Å²) in [6, 6.07) is 0. The highest BCUT2D eigenvalue weighted by Crippen LogP contribution is 2.71. The smallest absolute Gasteiger partial charge is 0.229 e. The predicted molar refractivity (Wildman–Crippen MR) is 81.5 cm³/mol. The first-order valence-electron chi connectivity index (χ1n) is 7.98. The Morgan fingerprint density at radius 3 is 2.29 bits per heavy atom. The van der Waals surface area contributed by atoms with Gasteiger partial charge in [-0.25, -0.2) is 0 Å². The standard InChI is InChI=1S/C16H27N3O2/c1-14(2)15(3)5-6-16(14,11-12(15)17-21)13(20)19-9-7-18(4)8-10-19/h21H,5-11H2,1-4H3/b17-12+. The molecule has 2 saturated carbocycles. The third-order valence-electron chi connectivity index (χ3n) is 7.05. The first-order chi connectivity index (χ1) is 9.78. The fourth-order valence-electron chi connectivity index (χ4n) is 4.82. The quantitative estimate of drug-likeness (QED) is 0.592. The number of rotatable bonds is 1. The van der Waals surface area contributed by atoms with Gasteiger partial charge in [0.15, 0.2) is 0 Å². The highest BCUT2D eigenvalue weighted by atomic mass is 16.4. The molecule has 0 aromatic carbocycles.